The first-order valence-electron chi connectivity index (χ1n) is 11.3. The highest BCUT2D eigenvalue weighted by Gasteiger charge is 2.48. The van der Waals surface area contributed by atoms with Crippen molar-refractivity contribution < 1.29 is 19.2 Å². The molecule has 3 fully saturated rings. The fraction of sp³-hybridized carbons (Fsp3) is 0.478. The van der Waals surface area contributed by atoms with E-state index < -0.39 is 11.6 Å². The monoisotopic (exact) mass is 507 g/mol. The average molecular weight is 508 g/mol. The van der Waals surface area contributed by atoms with Gasteiger partial charge in [0.1, 0.15) is 5.54 Å². The molecule has 4 rings (SSSR count). The Morgan fingerprint density at radius 1 is 1.06 bits per heavy atom. The number of likely N-dealkylation sites (tertiary alicyclic amines) is 1. The molecular formula is C23H27Cl2N5O4. The van der Waals surface area contributed by atoms with Gasteiger partial charge in [-0.3, -0.25) is 24.6 Å². The minimum atomic E-state index is -0.847. The zero-order valence-electron chi connectivity index (χ0n) is 18.9. The van der Waals surface area contributed by atoms with Crippen LogP contribution in [0.1, 0.15) is 31.7 Å². The molecule has 0 radical (unpaired) electrons. The summed E-state index contributed by atoms with van der Waals surface area (Å²) < 4.78 is 0. The van der Waals surface area contributed by atoms with Crippen molar-refractivity contribution in [2.24, 2.45) is 0 Å². The van der Waals surface area contributed by atoms with Crippen LogP contribution in [0.5, 0.6) is 0 Å². The van der Waals surface area contributed by atoms with Gasteiger partial charge in [0.25, 0.3) is 5.91 Å². The number of urea groups is 1. The van der Waals surface area contributed by atoms with Crippen LogP contribution in [-0.4, -0.2) is 82.9 Å². The maximum atomic E-state index is 12.9. The number of benzene rings is 1. The van der Waals surface area contributed by atoms with Crippen molar-refractivity contribution in [1.29, 1.82) is 0 Å². The summed E-state index contributed by atoms with van der Waals surface area (Å²) in [4.78, 5) is 54.9. The molecule has 34 heavy (non-hydrogen) atoms. The van der Waals surface area contributed by atoms with E-state index in [0.29, 0.717) is 55.6 Å². The smallest absolute Gasteiger partial charge is 0.322 e. The second kappa shape index (κ2) is 9.93. The Morgan fingerprint density at radius 3 is 2.44 bits per heavy atom. The first-order chi connectivity index (χ1) is 16.2. The number of nitrogens with one attached hydrogen (secondary N) is 2. The van der Waals surface area contributed by atoms with Crippen LogP contribution >= 0.6 is 23.2 Å². The van der Waals surface area contributed by atoms with E-state index >= 15 is 0 Å². The van der Waals surface area contributed by atoms with Crippen molar-refractivity contribution in [3.05, 3.63) is 39.9 Å². The van der Waals surface area contributed by atoms with Gasteiger partial charge in [-0.1, -0.05) is 29.3 Å². The fourth-order valence-electron chi connectivity index (χ4n) is 4.70. The molecule has 1 aromatic carbocycles. The largest absolute Gasteiger partial charge is 0.337 e. The van der Waals surface area contributed by atoms with E-state index in [0.717, 1.165) is 5.56 Å². The molecule has 1 unspecified atom stereocenters. The van der Waals surface area contributed by atoms with Crippen LogP contribution in [0.15, 0.2) is 24.3 Å². The molecule has 0 bridgehead atoms. The summed E-state index contributed by atoms with van der Waals surface area (Å²) >= 11 is 12.0. The van der Waals surface area contributed by atoms with Gasteiger partial charge in [-0.25, -0.2) is 4.79 Å². The molecule has 1 atom stereocenters. The van der Waals surface area contributed by atoms with Crippen molar-refractivity contribution in [2.75, 3.05) is 32.7 Å². The van der Waals surface area contributed by atoms with Crippen molar-refractivity contribution in [3.63, 3.8) is 0 Å². The molecule has 182 valence electrons. The summed E-state index contributed by atoms with van der Waals surface area (Å²) in [5.74, 6) is -0.460. The third-order valence-corrected chi connectivity index (χ3v) is 7.59. The Morgan fingerprint density at radius 2 is 1.79 bits per heavy atom. The van der Waals surface area contributed by atoms with Gasteiger partial charge < -0.3 is 15.1 Å². The van der Waals surface area contributed by atoms with Crippen LogP contribution in [-0.2, 0) is 14.4 Å². The normalized spacial score (nSPS) is 22.1. The van der Waals surface area contributed by atoms with Crippen molar-refractivity contribution >= 4 is 53.0 Å². The third-order valence-electron chi connectivity index (χ3n) is 6.85. The predicted molar refractivity (Wildman–Crippen MR) is 128 cm³/mol. The van der Waals surface area contributed by atoms with Gasteiger partial charge in [0.05, 0.1) is 16.2 Å². The van der Waals surface area contributed by atoms with Gasteiger partial charge in [-0.05, 0) is 43.5 Å². The molecule has 3 aliphatic heterocycles. The lowest BCUT2D eigenvalue weighted by atomic mass is 9.87. The quantitative estimate of drug-likeness (QED) is 0.479. The molecule has 3 heterocycles. The van der Waals surface area contributed by atoms with Gasteiger partial charge in [-0.15, -0.1) is 0 Å². The maximum absolute atomic E-state index is 12.9. The second-order valence-corrected chi connectivity index (χ2v) is 9.64. The molecule has 3 aliphatic rings. The van der Waals surface area contributed by atoms with E-state index in [-0.39, 0.29) is 30.3 Å². The lowest BCUT2D eigenvalue weighted by molar-refractivity contribution is -0.138. The summed E-state index contributed by atoms with van der Waals surface area (Å²) in [6.07, 6.45) is 4.20. The molecule has 1 aromatic rings. The number of piperidine rings is 1. The van der Waals surface area contributed by atoms with E-state index in [4.69, 9.17) is 23.2 Å². The highest BCUT2D eigenvalue weighted by atomic mass is 35.5. The minimum Gasteiger partial charge on any atom is -0.337 e. The van der Waals surface area contributed by atoms with E-state index in [9.17, 15) is 19.2 Å². The standard InChI is InChI=1S/C23H27Cl2N5O4/c1-15(28-10-7-23(8-11-28)21(33)26-22(34)27-23)30-13-12-29(9-6-20(30)32)19(31)5-3-16-2-4-17(24)18(25)14-16/h2-5,14-15H,6-13H2,1H3,(H2,26,27,33,34)/b5-3+. The van der Waals surface area contributed by atoms with Crippen LogP contribution in [0.25, 0.3) is 6.08 Å². The fourth-order valence-corrected chi connectivity index (χ4v) is 5.01. The lowest BCUT2D eigenvalue weighted by Crippen LogP contribution is -2.59. The zero-order valence-corrected chi connectivity index (χ0v) is 20.4. The van der Waals surface area contributed by atoms with Gasteiger partial charge in [0.15, 0.2) is 0 Å². The Hall–Kier alpha value is -2.62. The van der Waals surface area contributed by atoms with E-state index in [1.54, 1.807) is 34.1 Å². The van der Waals surface area contributed by atoms with Gasteiger partial charge in [-0.2, -0.15) is 0 Å². The zero-order chi connectivity index (χ0) is 24.5. The molecule has 0 aromatic heterocycles. The Labute approximate surface area is 208 Å². The number of hydrogen-bond acceptors (Lipinski definition) is 5. The minimum absolute atomic E-state index is 0.0107. The highest BCUT2D eigenvalue weighted by molar-refractivity contribution is 6.42. The Balaban J connectivity index is 1.33. The van der Waals surface area contributed by atoms with Crippen molar-refractivity contribution in [2.45, 2.75) is 37.9 Å². The number of hydrogen-bond donors (Lipinski definition) is 2. The first-order valence-corrected chi connectivity index (χ1v) is 12.0. The molecule has 5 amide bonds. The van der Waals surface area contributed by atoms with E-state index in [1.165, 1.54) is 6.08 Å². The number of halogens is 2. The van der Waals surface area contributed by atoms with Gasteiger partial charge in [0, 0.05) is 45.2 Å². The van der Waals surface area contributed by atoms with Gasteiger partial charge in [0.2, 0.25) is 11.8 Å². The Bertz CT molecular complexity index is 1040. The number of carbonyl (C=O) groups excluding carboxylic acids is 4. The summed E-state index contributed by atoms with van der Waals surface area (Å²) in [6.45, 7) is 4.32. The number of amides is 5. The third kappa shape index (κ3) is 5.06. The summed E-state index contributed by atoms with van der Waals surface area (Å²) in [6, 6.07) is 4.68. The molecule has 0 aliphatic carbocycles. The summed E-state index contributed by atoms with van der Waals surface area (Å²) in [7, 11) is 0. The number of carbonyl (C=O) groups is 4. The maximum Gasteiger partial charge on any atom is 0.322 e. The van der Waals surface area contributed by atoms with Crippen molar-refractivity contribution in [3.8, 4) is 0 Å². The first kappa shape index (κ1) is 24.5. The molecule has 3 saturated heterocycles. The van der Waals surface area contributed by atoms with Crippen LogP contribution in [0, 0.1) is 0 Å². The van der Waals surface area contributed by atoms with Gasteiger partial charge >= 0.3 is 6.03 Å². The van der Waals surface area contributed by atoms with E-state index in [2.05, 4.69) is 15.5 Å². The summed E-state index contributed by atoms with van der Waals surface area (Å²) in [5, 5.41) is 5.93. The number of rotatable bonds is 4. The van der Waals surface area contributed by atoms with E-state index in [1.807, 2.05) is 6.92 Å². The molecule has 0 saturated carbocycles. The average Bonchev–Trinajstić information content (AvgIpc) is 2.95. The van der Waals surface area contributed by atoms with Crippen LogP contribution in [0.2, 0.25) is 10.0 Å². The topological polar surface area (TPSA) is 102 Å². The SMILES string of the molecule is CC(N1CCC2(CC1)NC(=O)NC2=O)N1CCN(C(=O)/C=C/c2ccc(Cl)c(Cl)c2)CCC1=O. The molecule has 11 heteroatoms. The highest BCUT2D eigenvalue weighted by Crippen LogP contribution is 2.28. The van der Waals surface area contributed by atoms with Crippen LogP contribution < -0.4 is 10.6 Å². The van der Waals surface area contributed by atoms with Crippen LogP contribution in [0.4, 0.5) is 4.79 Å². The molecule has 2 N–H and O–H groups in total. The molecule has 1 spiro atoms. The Kier molecular flexibility index (Phi) is 7.16. The second-order valence-electron chi connectivity index (χ2n) is 8.83. The van der Waals surface area contributed by atoms with Crippen LogP contribution in [0.3, 0.4) is 0 Å². The summed E-state index contributed by atoms with van der Waals surface area (Å²) in [5.41, 5.74) is -0.0844. The molecular weight excluding hydrogens is 481 g/mol. The molecule has 9 nitrogen and oxygen atoms in total. The van der Waals surface area contributed by atoms with Crippen molar-refractivity contribution in [1.82, 2.24) is 25.3 Å². The number of imide groups is 1. The predicted octanol–water partition coefficient (Wildman–Crippen LogP) is 2.09. The number of nitrogens with zero attached hydrogens (tertiary/aromatic N) is 3. The lowest BCUT2D eigenvalue weighted by Gasteiger charge is -2.43.